The van der Waals surface area contributed by atoms with Crippen molar-refractivity contribution in [2.75, 3.05) is 7.05 Å². The van der Waals surface area contributed by atoms with Crippen LogP contribution in [0.2, 0.25) is 0 Å². The van der Waals surface area contributed by atoms with E-state index in [1.54, 1.807) is 7.05 Å². The molecule has 1 heterocycles. The molecule has 36 valence electrons. The van der Waals surface area contributed by atoms with E-state index in [1.165, 1.54) is 22.3 Å². The molecule has 0 saturated carbocycles. The Morgan fingerprint density at radius 2 is 2.71 bits per heavy atom. The molecule has 0 bridgehead atoms. The first-order valence-electron chi connectivity index (χ1n) is 1.84. The normalized spacial score (nSPS) is 17.9. The third kappa shape index (κ3) is 0.734. The number of carbonyl (C=O) groups excluding carboxylic acids is 1. The molecular weight excluding hydrogens is 110 g/mol. The third-order valence-corrected chi connectivity index (χ3v) is 1.36. The van der Waals surface area contributed by atoms with Crippen LogP contribution in [-0.2, 0) is 4.79 Å². The number of hydrogen-bond acceptors (Lipinski definition) is 2. The van der Waals surface area contributed by atoms with Crippen molar-refractivity contribution in [3.05, 3.63) is 11.5 Å². The molecule has 0 unspecified atom stereocenters. The van der Waals surface area contributed by atoms with Gasteiger partial charge in [0.05, 0.1) is 0 Å². The molecule has 1 aliphatic rings. The lowest BCUT2D eigenvalue weighted by molar-refractivity contribution is -0.120. The van der Waals surface area contributed by atoms with Crippen LogP contribution in [0.15, 0.2) is 6.08 Å². The maximum absolute atomic E-state index is 10.4. The summed E-state index contributed by atoms with van der Waals surface area (Å²) >= 11 is 1.28. The average Bonchev–Trinajstić information content (AvgIpc) is 1.91. The fraction of sp³-hybridized carbons (Fsp3) is 0.250. The molecule has 0 fully saturated rings. The highest BCUT2D eigenvalue weighted by molar-refractivity contribution is 7.99. The summed E-state index contributed by atoms with van der Waals surface area (Å²) in [7, 11) is 1.71. The Bertz CT molecular complexity index is 121. The van der Waals surface area contributed by atoms with E-state index in [2.05, 4.69) is 5.41 Å². The molecule has 1 amide bonds. The predicted molar refractivity (Wildman–Crippen MR) is 28.2 cm³/mol. The van der Waals surface area contributed by atoms with Gasteiger partial charge in [0.25, 0.3) is 0 Å². The van der Waals surface area contributed by atoms with Crippen LogP contribution in [0.1, 0.15) is 0 Å². The molecule has 1 aliphatic heterocycles. The maximum Gasteiger partial charge on any atom is 0.411 e. The van der Waals surface area contributed by atoms with E-state index in [0.29, 0.717) is 0 Å². The summed E-state index contributed by atoms with van der Waals surface area (Å²) in [4.78, 5) is 10.4. The highest BCUT2D eigenvalue weighted by Crippen LogP contribution is 2.13. The van der Waals surface area contributed by atoms with Crippen molar-refractivity contribution in [2.45, 2.75) is 0 Å². The van der Waals surface area contributed by atoms with Crippen LogP contribution >= 0.6 is 11.9 Å². The number of likely N-dealkylation sites (N-methyl/N-ethyl adjacent to an activating group) is 1. The molecule has 0 aromatic heterocycles. The van der Waals surface area contributed by atoms with Crippen molar-refractivity contribution < 1.29 is 4.79 Å². The Morgan fingerprint density at radius 1 is 2.00 bits per heavy atom. The minimum atomic E-state index is 0.0185. The second-order valence-electron chi connectivity index (χ2n) is 1.19. The minimum Gasteiger partial charge on any atom is -0.177 e. The lowest BCUT2D eigenvalue weighted by Crippen LogP contribution is -2.10. The van der Waals surface area contributed by atoms with E-state index in [-0.39, 0.29) is 5.91 Å². The number of rotatable bonds is 0. The van der Waals surface area contributed by atoms with E-state index in [4.69, 9.17) is 0 Å². The van der Waals surface area contributed by atoms with E-state index < -0.39 is 0 Å². The largest absolute Gasteiger partial charge is 0.411 e. The van der Waals surface area contributed by atoms with Crippen LogP contribution in [-0.4, -0.2) is 17.3 Å². The summed E-state index contributed by atoms with van der Waals surface area (Å²) in [6.07, 6.45) is 1.42. The lowest BCUT2D eigenvalue weighted by atomic mass is 10.6. The van der Waals surface area contributed by atoms with Crippen LogP contribution in [0.4, 0.5) is 0 Å². The summed E-state index contributed by atoms with van der Waals surface area (Å²) in [5.41, 5.74) is 0. The third-order valence-electron chi connectivity index (χ3n) is 0.682. The molecular formula is C4H4NOS+. The zero-order valence-electron chi connectivity index (χ0n) is 3.84. The van der Waals surface area contributed by atoms with E-state index in [0.717, 1.165) is 0 Å². The van der Waals surface area contributed by atoms with Gasteiger partial charge in [-0.2, -0.15) is 4.31 Å². The number of amides is 1. The second-order valence-corrected chi connectivity index (χ2v) is 2.16. The van der Waals surface area contributed by atoms with Gasteiger partial charge < -0.3 is 0 Å². The van der Waals surface area contributed by atoms with Crippen molar-refractivity contribution in [2.24, 2.45) is 0 Å². The topological polar surface area (TPSA) is 20.3 Å². The standard InChI is InChI=1S/C4H4NOS/c1-5-4(6)2-3-7-5/h2H,1H3/q+1. The molecule has 7 heavy (non-hydrogen) atoms. The summed E-state index contributed by atoms with van der Waals surface area (Å²) in [6.45, 7) is 0. The number of carbonyl (C=O) groups is 1. The number of hydrogen-bond donors (Lipinski definition) is 0. The Balaban J connectivity index is 2.62. The monoisotopic (exact) mass is 114 g/mol. The molecule has 0 aliphatic carbocycles. The van der Waals surface area contributed by atoms with Gasteiger partial charge in [0.1, 0.15) is 0 Å². The maximum atomic E-state index is 10.4. The van der Waals surface area contributed by atoms with E-state index >= 15 is 0 Å². The number of nitrogens with zero attached hydrogens (tertiary/aromatic N) is 1. The molecule has 1 rings (SSSR count). The Hall–Kier alpha value is -0.530. The van der Waals surface area contributed by atoms with Crippen LogP contribution in [0, 0.1) is 5.41 Å². The van der Waals surface area contributed by atoms with Crippen molar-refractivity contribution in [3.8, 4) is 0 Å². The summed E-state index contributed by atoms with van der Waals surface area (Å²) in [5, 5.41) is 2.69. The minimum absolute atomic E-state index is 0.0185. The summed E-state index contributed by atoms with van der Waals surface area (Å²) < 4.78 is 1.51. The van der Waals surface area contributed by atoms with Gasteiger partial charge in [-0.15, -0.1) is 4.79 Å². The highest BCUT2D eigenvalue weighted by atomic mass is 32.2. The zero-order chi connectivity index (χ0) is 5.28. The first-order valence-corrected chi connectivity index (χ1v) is 2.61. The molecule has 0 N–H and O–H groups in total. The smallest absolute Gasteiger partial charge is 0.177 e. The summed E-state index contributed by atoms with van der Waals surface area (Å²) in [5.74, 6) is 0.0185. The van der Waals surface area contributed by atoms with E-state index in [9.17, 15) is 4.79 Å². The molecule has 0 saturated heterocycles. The zero-order valence-corrected chi connectivity index (χ0v) is 4.66. The second kappa shape index (κ2) is 1.52. The van der Waals surface area contributed by atoms with Crippen molar-refractivity contribution in [1.82, 2.24) is 4.31 Å². The quantitative estimate of drug-likeness (QED) is 0.336. The fourth-order valence-electron chi connectivity index (χ4n) is 0.292. The van der Waals surface area contributed by atoms with Gasteiger partial charge in [-0.25, -0.2) is 0 Å². The fourth-order valence-corrected chi connectivity index (χ4v) is 0.746. The van der Waals surface area contributed by atoms with Gasteiger partial charge in [0.15, 0.2) is 17.4 Å². The molecule has 0 aromatic rings. The van der Waals surface area contributed by atoms with Gasteiger partial charge >= 0.3 is 5.91 Å². The van der Waals surface area contributed by atoms with Crippen LogP contribution < -0.4 is 0 Å². The Morgan fingerprint density at radius 3 is 2.86 bits per heavy atom. The van der Waals surface area contributed by atoms with Crippen LogP contribution in [0.25, 0.3) is 0 Å². The van der Waals surface area contributed by atoms with E-state index in [1.807, 2.05) is 0 Å². The predicted octanol–water partition coefficient (Wildman–Crippen LogP) is 0.423. The van der Waals surface area contributed by atoms with Crippen molar-refractivity contribution in [1.29, 1.82) is 0 Å². The van der Waals surface area contributed by atoms with Gasteiger partial charge in [-0.05, 0) is 0 Å². The van der Waals surface area contributed by atoms with Crippen molar-refractivity contribution in [3.63, 3.8) is 0 Å². The van der Waals surface area contributed by atoms with Gasteiger partial charge in [-0.3, -0.25) is 0 Å². The molecule has 2 nitrogen and oxygen atoms in total. The summed E-state index contributed by atoms with van der Waals surface area (Å²) in [6, 6.07) is 0. The van der Waals surface area contributed by atoms with Gasteiger partial charge in [0.2, 0.25) is 6.08 Å². The molecule has 0 radical (unpaired) electrons. The van der Waals surface area contributed by atoms with Crippen LogP contribution in [0.3, 0.4) is 0 Å². The Labute approximate surface area is 46.3 Å². The molecule has 3 heteroatoms. The van der Waals surface area contributed by atoms with Gasteiger partial charge in [-0.1, -0.05) is 0 Å². The Kier molecular flexibility index (Phi) is 1.01. The highest BCUT2D eigenvalue weighted by Gasteiger charge is 2.23. The molecule has 0 spiro atoms. The van der Waals surface area contributed by atoms with Crippen molar-refractivity contribution >= 4 is 17.9 Å². The molecule has 0 atom stereocenters. The first-order chi connectivity index (χ1) is 3.30. The molecule has 0 aromatic carbocycles. The lowest BCUT2D eigenvalue weighted by Gasteiger charge is -1.88. The van der Waals surface area contributed by atoms with Crippen LogP contribution in [0.5, 0.6) is 0 Å². The van der Waals surface area contributed by atoms with Gasteiger partial charge in [0, 0.05) is 7.05 Å². The first kappa shape index (κ1) is 4.62. The average molecular weight is 114 g/mol. The SMILES string of the molecule is CN1S[C+]=CC1=O.